The molecule has 0 aliphatic rings. The Morgan fingerprint density at radius 2 is 2.00 bits per heavy atom. The van der Waals surface area contributed by atoms with Gasteiger partial charge in [-0.25, -0.2) is 0 Å². The van der Waals surface area contributed by atoms with Crippen LogP contribution in [0.15, 0.2) is 0 Å². The molecule has 2 nitrogen and oxygen atoms in total. The molecule has 0 unspecified atom stereocenters. The number of nitrogens with zero attached hydrogens (tertiary/aromatic N) is 1. The van der Waals surface area contributed by atoms with Gasteiger partial charge in [-0.15, -0.1) is 0 Å². The molecule has 36 valence electrons. The van der Waals surface area contributed by atoms with E-state index in [9.17, 15) is 9.28 Å². The minimum Gasteiger partial charge on any atom is -0.273 e. The van der Waals surface area contributed by atoms with Crippen molar-refractivity contribution >= 4 is 5.91 Å². The van der Waals surface area contributed by atoms with Crippen LogP contribution in [0.2, 0.25) is 0 Å². The van der Waals surface area contributed by atoms with Crippen molar-refractivity contribution in [2.75, 3.05) is 7.05 Å². The third-order valence-electron chi connectivity index (χ3n) is 0.434. The van der Waals surface area contributed by atoms with Crippen LogP contribution in [0.5, 0.6) is 0 Å². The molecule has 0 rings (SSSR count). The lowest BCUT2D eigenvalue weighted by atomic mass is 10.7. The lowest BCUT2D eigenvalue weighted by Gasteiger charge is -1.95. The summed E-state index contributed by atoms with van der Waals surface area (Å²) in [6.45, 7) is 1.15. The van der Waals surface area contributed by atoms with Crippen molar-refractivity contribution in [3.8, 4) is 0 Å². The Morgan fingerprint density at radius 3 is 2.00 bits per heavy atom. The maximum atomic E-state index is 11.3. The summed E-state index contributed by atoms with van der Waals surface area (Å²) >= 11 is 0. The van der Waals surface area contributed by atoms with Gasteiger partial charge in [0, 0.05) is 14.0 Å². The summed E-state index contributed by atoms with van der Waals surface area (Å²) in [5.41, 5.74) is 0. The SMILES string of the molecule is CC(=O)N(C)F. The third-order valence-corrected chi connectivity index (χ3v) is 0.434. The van der Waals surface area contributed by atoms with Crippen LogP contribution >= 0.6 is 0 Å². The van der Waals surface area contributed by atoms with Crippen molar-refractivity contribution < 1.29 is 9.28 Å². The molecule has 0 radical (unpaired) electrons. The first-order chi connectivity index (χ1) is 2.64. The number of amides is 1. The zero-order valence-corrected chi connectivity index (χ0v) is 3.73. The molecule has 3 heteroatoms. The van der Waals surface area contributed by atoms with Gasteiger partial charge in [0.25, 0.3) is 0 Å². The predicted molar refractivity (Wildman–Crippen MR) is 19.6 cm³/mol. The molecular weight excluding hydrogens is 85.0 g/mol. The highest BCUT2D eigenvalue weighted by atomic mass is 19.2. The smallest absolute Gasteiger partial charge is 0.246 e. The van der Waals surface area contributed by atoms with E-state index in [-0.39, 0.29) is 5.12 Å². The highest BCUT2D eigenvalue weighted by Crippen LogP contribution is 1.78. The first kappa shape index (κ1) is 5.40. The molecule has 0 atom stereocenters. The molecule has 1 amide bonds. The van der Waals surface area contributed by atoms with Crippen LogP contribution in [0, 0.1) is 0 Å². The van der Waals surface area contributed by atoms with E-state index >= 15 is 0 Å². The Kier molecular flexibility index (Phi) is 1.57. The summed E-state index contributed by atoms with van der Waals surface area (Å²) in [6, 6.07) is 0. The maximum Gasteiger partial charge on any atom is 0.246 e. The van der Waals surface area contributed by atoms with Gasteiger partial charge in [0.05, 0.1) is 0 Å². The lowest BCUT2D eigenvalue weighted by molar-refractivity contribution is -0.140. The molecule has 0 fully saturated rings. The molecule has 0 bridgehead atoms. The largest absolute Gasteiger partial charge is 0.273 e. The van der Waals surface area contributed by atoms with Gasteiger partial charge in [0.15, 0.2) is 0 Å². The summed E-state index contributed by atoms with van der Waals surface area (Å²) in [6.07, 6.45) is 0. The van der Waals surface area contributed by atoms with Crippen molar-refractivity contribution in [2.24, 2.45) is 0 Å². The Bertz CT molecular complexity index is 61.8. The average molecular weight is 91.1 g/mol. The van der Waals surface area contributed by atoms with Crippen molar-refractivity contribution in [2.45, 2.75) is 6.92 Å². The molecular formula is C3H6FNO. The summed E-state index contributed by atoms with van der Waals surface area (Å²) in [5.74, 6) is -0.574. The summed E-state index contributed by atoms with van der Waals surface area (Å²) in [7, 11) is 1.06. The number of hydrogen-bond acceptors (Lipinski definition) is 1. The molecule has 0 aliphatic carbocycles. The number of carbonyl (C=O) groups is 1. The summed E-state index contributed by atoms with van der Waals surface area (Å²) in [4.78, 5) is 9.69. The zero-order valence-electron chi connectivity index (χ0n) is 3.73. The second kappa shape index (κ2) is 1.74. The van der Waals surface area contributed by atoms with Gasteiger partial charge >= 0.3 is 0 Å². The van der Waals surface area contributed by atoms with E-state index in [1.54, 1.807) is 0 Å². The van der Waals surface area contributed by atoms with Gasteiger partial charge in [0.1, 0.15) is 0 Å². The zero-order chi connectivity index (χ0) is 5.15. The Balaban J connectivity index is 3.26. The fraction of sp³-hybridized carbons (Fsp3) is 0.667. The van der Waals surface area contributed by atoms with Gasteiger partial charge in [0.2, 0.25) is 5.91 Å². The fourth-order valence-electron chi connectivity index (χ4n) is 0. The molecule has 0 saturated heterocycles. The minimum absolute atomic E-state index is 0.0278. The highest BCUT2D eigenvalue weighted by molar-refractivity contribution is 5.71. The lowest BCUT2D eigenvalue weighted by Crippen LogP contribution is -2.11. The highest BCUT2D eigenvalue weighted by Gasteiger charge is 1.93. The van der Waals surface area contributed by atoms with Gasteiger partial charge in [-0.05, 0) is 0 Å². The first-order valence-electron chi connectivity index (χ1n) is 1.54. The van der Waals surface area contributed by atoms with E-state index < -0.39 is 5.91 Å². The van der Waals surface area contributed by atoms with Crippen LogP contribution in [0.4, 0.5) is 4.48 Å². The van der Waals surface area contributed by atoms with Crippen molar-refractivity contribution in [3.63, 3.8) is 0 Å². The maximum absolute atomic E-state index is 11.3. The van der Waals surface area contributed by atoms with Crippen LogP contribution in [0.25, 0.3) is 0 Å². The molecule has 0 N–H and O–H groups in total. The summed E-state index contributed by atoms with van der Waals surface area (Å²) in [5, 5.41) is 0.0278. The van der Waals surface area contributed by atoms with E-state index in [4.69, 9.17) is 0 Å². The molecule has 0 aliphatic heterocycles. The van der Waals surface area contributed by atoms with Gasteiger partial charge in [-0.2, -0.15) is 5.12 Å². The molecule has 0 saturated carbocycles. The van der Waals surface area contributed by atoms with Gasteiger partial charge < -0.3 is 0 Å². The van der Waals surface area contributed by atoms with Crippen LogP contribution in [0.1, 0.15) is 6.92 Å². The third kappa shape index (κ3) is 1.69. The monoisotopic (exact) mass is 91.0 g/mol. The molecule has 0 aromatic rings. The van der Waals surface area contributed by atoms with Gasteiger partial charge in [-0.1, -0.05) is 4.48 Å². The molecule has 0 aromatic heterocycles. The van der Waals surface area contributed by atoms with Crippen LogP contribution in [-0.4, -0.2) is 18.1 Å². The Labute approximate surface area is 35.5 Å². The normalized spacial score (nSPS) is 7.83. The van der Waals surface area contributed by atoms with E-state index in [0.29, 0.717) is 0 Å². The minimum atomic E-state index is -0.574. The number of carbonyl (C=O) groups excluding carboxylic acids is 1. The van der Waals surface area contributed by atoms with Crippen LogP contribution in [-0.2, 0) is 4.79 Å². The van der Waals surface area contributed by atoms with E-state index in [1.165, 1.54) is 0 Å². The van der Waals surface area contributed by atoms with E-state index in [0.717, 1.165) is 14.0 Å². The fourth-order valence-corrected chi connectivity index (χ4v) is 0. The quantitative estimate of drug-likeness (QED) is 0.394. The number of rotatable bonds is 0. The molecule has 0 spiro atoms. The number of hydrogen-bond donors (Lipinski definition) is 0. The summed E-state index contributed by atoms with van der Waals surface area (Å²) < 4.78 is 11.3. The van der Waals surface area contributed by atoms with Crippen molar-refractivity contribution in [1.82, 2.24) is 5.12 Å². The molecule has 0 aromatic carbocycles. The molecule has 6 heavy (non-hydrogen) atoms. The van der Waals surface area contributed by atoms with Crippen molar-refractivity contribution in [3.05, 3.63) is 0 Å². The topological polar surface area (TPSA) is 20.3 Å². The standard InChI is InChI=1S/C3H6FNO/c1-3(6)5(2)4/h1-2H3. The van der Waals surface area contributed by atoms with Crippen LogP contribution in [0.3, 0.4) is 0 Å². The second-order valence-corrected chi connectivity index (χ2v) is 0.996. The van der Waals surface area contributed by atoms with E-state index in [2.05, 4.69) is 0 Å². The average Bonchev–Trinajstić information content (AvgIpc) is 1.36. The number of halogens is 1. The van der Waals surface area contributed by atoms with E-state index in [1.807, 2.05) is 0 Å². The molecule has 0 heterocycles. The van der Waals surface area contributed by atoms with Gasteiger partial charge in [-0.3, -0.25) is 4.79 Å². The van der Waals surface area contributed by atoms with Crippen LogP contribution < -0.4 is 0 Å². The Morgan fingerprint density at radius 1 is 1.83 bits per heavy atom. The Hall–Kier alpha value is -0.600. The second-order valence-electron chi connectivity index (χ2n) is 0.996. The predicted octanol–water partition coefficient (Wildman–Crippen LogP) is 0.349. The van der Waals surface area contributed by atoms with Crippen molar-refractivity contribution in [1.29, 1.82) is 0 Å². The first-order valence-corrected chi connectivity index (χ1v) is 1.54.